The molecule has 0 saturated carbocycles. The fraction of sp³-hybridized carbons (Fsp3) is 0.562. The Hall–Kier alpha value is -1.55. The summed E-state index contributed by atoms with van der Waals surface area (Å²) in [5.41, 5.74) is 0.596. The van der Waals surface area contributed by atoms with Gasteiger partial charge in [0.1, 0.15) is 11.5 Å². The van der Waals surface area contributed by atoms with E-state index in [2.05, 4.69) is 0 Å². The smallest absolute Gasteiger partial charge is 0.166 e. The number of ether oxygens (including phenoxy) is 3. The number of ketones is 1. The van der Waals surface area contributed by atoms with E-state index in [1.165, 1.54) is 0 Å². The van der Waals surface area contributed by atoms with Gasteiger partial charge in [0.25, 0.3) is 0 Å². The summed E-state index contributed by atoms with van der Waals surface area (Å²) in [6.45, 7) is 0.863. The molecule has 1 saturated heterocycles. The van der Waals surface area contributed by atoms with Crippen LogP contribution in [0.2, 0.25) is 0 Å². The quantitative estimate of drug-likeness (QED) is 0.718. The van der Waals surface area contributed by atoms with Gasteiger partial charge in [0.15, 0.2) is 5.78 Å². The molecule has 0 aliphatic carbocycles. The maximum Gasteiger partial charge on any atom is 0.166 e. The van der Waals surface area contributed by atoms with Crippen LogP contribution in [0.5, 0.6) is 11.5 Å². The van der Waals surface area contributed by atoms with Crippen LogP contribution in [0.3, 0.4) is 0 Å². The summed E-state index contributed by atoms with van der Waals surface area (Å²) in [7, 11) is 3.17. The molecule has 1 aromatic rings. The van der Waals surface area contributed by atoms with Gasteiger partial charge < -0.3 is 14.2 Å². The van der Waals surface area contributed by atoms with E-state index in [0.29, 0.717) is 29.6 Å². The number of benzene rings is 1. The molecule has 4 heteroatoms. The Bertz CT molecular complexity index is 450. The van der Waals surface area contributed by atoms with Crippen LogP contribution in [0.4, 0.5) is 0 Å². The first-order chi connectivity index (χ1) is 9.74. The molecule has 0 aromatic heterocycles. The lowest BCUT2D eigenvalue weighted by atomic mass is 10.0. The molecule has 1 heterocycles. The molecule has 4 nitrogen and oxygen atoms in total. The van der Waals surface area contributed by atoms with Crippen molar-refractivity contribution < 1.29 is 19.0 Å². The Morgan fingerprint density at radius 1 is 1.35 bits per heavy atom. The van der Waals surface area contributed by atoms with Crippen LogP contribution in [0.15, 0.2) is 18.2 Å². The van der Waals surface area contributed by atoms with Crippen molar-refractivity contribution in [3.8, 4) is 11.5 Å². The third-order valence-corrected chi connectivity index (χ3v) is 3.66. The number of hydrogen-bond acceptors (Lipinski definition) is 4. The van der Waals surface area contributed by atoms with Gasteiger partial charge in [-0.3, -0.25) is 4.79 Å². The van der Waals surface area contributed by atoms with Gasteiger partial charge in [-0.05, 0) is 43.9 Å². The van der Waals surface area contributed by atoms with Crippen LogP contribution in [-0.2, 0) is 4.74 Å². The number of Topliss-reactive ketones (excluding diaryl/α,β-unsaturated/α-hetero) is 1. The minimum atomic E-state index is 0.0961. The Morgan fingerprint density at radius 2 is 2.20 bits per heavy atom. The number of carbonyl (C=O) groups is 1. The second-order valence-corrected chi connectivity index (χ2v) is 5.02. The summed E-state index contributed by atoms with van der Waals surface area (Å²) in [6.07, 6.45) is 4.93. The predicted octanol–water partition coefficient (Wildman–Crippen LogP) is 3.24. The highest BCUT2D eigenvalue weighted by molar-refractivity contribution is 5.99. The molecule has 1 aromatic carbocycles. The van der Waals surface area contributed by atoms with E-state index in [4.69, 9.17) is 14.2 Å². The molecule has 0 radical (unpaired) electrons. The summed E-state index contributed by atoms with van der Waals surface area (Å²) < 4.78 is 16.0. The van der Waals surface area contributed by atoms with Crippen molar-refractivity contribution in [2.75, 3.05) is 20.8 Å². The van der Waals surface area contributed by atoms with E-state index >= 15 is 0 Å². The second kappa shape index (κ2) is 7.29. The second-order valence-electron chi connectivity index (χ2n) is 5.02. The zero-order valence-corrected chi connectivity index (χ0v) is 12.2. The van der Waals surface area contributed by atoms with Gasteiger partial charge in [0.2, 0.25) is 0 Å². The van der Waals surface area contributed by atoms with Crippen LogP contribution in [0.1, 0.15) is 42.5 Å². The predicted molar refractivity (Wildman–Crippen MR) is 76.7 cm³/mol. The molecule has 0 amide bonds. The molecular weight excluding hydrogens is 256 g/mol. The summed E-state index contributed by atoms with van der Waals surface area (Å²) in [4.78, 5) is 12.3. The van der Waals surface area contributed by atoms with Crippen molar-refractivity contribution in [1.29, 1.82) is 0 Å². The van der Waals surface area contributed by atoms with Gasteiger partial charge in [0, 0.05) is 13.0 Å². The topological polar surface area (TPSA) is 44.8 Å². The monoisotopic (exact) mass is 278 g/mol. The highest BCUT2D eigenvalue weighted by Gasteiger charge is 2.17. The third kappa shape index (κ3) is 3.73. The van der Waals surface area contributed by atoms with Crippen molar-refractivity contribution in [2.45, 2.75) is 38.2 Å². The normalized spacial score (nSPS) is 18.0. The first-order valence-corrected chi connectivity index (χ1v) is 7.11. The van der Waals surface area contributed by atoms with E-state index in [1.54, 1.807) is 32.4 Å². The maximum atomic E-state index is 12.3. The Labute approximate surface area is 120 Å². The first kappa shape index (κ1) is 14.9. The minimum absolute atomic E-state index is 0.0961. The summed E-state index contributed by atoms with van der Waals surface area (Å²) in [5, 5.41) is 0. The Morgan fingerprint density at radius 3 is 2.85 bits per heavy atom. The van der Waals surface area contributed by atoms with Gasteiger partial charge in [-0.2, -0.15) is 0 Å². The average molecular weight is 278 g/mol. The fourth-order valence-corrected chi connectivity index (χ4v) is 2.53. The van der Waals surface area contributed by atoms with Crippen LogP contribution >= 0.6 is 0 Å². The van der Waals surface area contributed by atoms with Crippen LogP contribution < -0.4 is 9.47 Å². The van der Waals surface area contributed by atoms with Crippen LogP contribution in [0.25, 0.3) is 0 Å². The van der Waals surface area contributed by atoms with Gasteiger partial charge in [-0.15, -0.1) is 0 Å². The summed E-state index contributed by atoms with van der Waals surface area (Å²) in [5.74, 6) is 1.37. The molecule has 110 valence electrons. The van der Waals surface area contributed by atoms with Gasteiger partial charge in [0.05, 0.1) is 25.9 Å². The highest BCUT2D eigenvalue weighted by Crippen LogP contribution is 2.26. The molecule has 2 rings (SSSR count). The lowest BCUT2D eigenvalue weighted by Crippen LogP contribution is -2.07. The van der Waals surface area contributed by atoms with E-state index < -0.39 is 0 Å². The summed E-state index contributed by atoms with van der Waals surface area (Å²) >= 11 is 0. The standard InChI is InChI=1S/C16H22O4/c1-18-13-8-9-16(19-2)14(11-13)15(17)7-3-5-12-6-4-10-20-12/h8-9,11-12H,3-7,10H2,1-2H3. The number of hydrogen-bond donors (Lipinski definition) is 0. The molecule has 1 atom stereocenters. The van der Waals surface area contributed by atoms with Crippen molar-refractivity contribution in [3.05, 3.63) is 23.8 Å². The van der Waals surface area contributed by atoms with E-state index in [0.717, 1.165) is 32.3 Å². The van der Waals surface area contributed by atoms with Crippen LogP contribution in [0, 0.1) is 0 Å². The first-order valence-electron chi connectivity index (χ1n) is 7.11. The molecule has 0 N–H and O–H groups in total. The molecule has 20 heavy (non-hydrogen) atoms. The van der Waals surface area contributed by atoms with Crippen molar-refractivity contribution in [2.24, 2.45) is 0 Å². The molecule has 0 bridgehead atoms. The number of rotatable bonds is 7. The number of methoxy groups -OCH3 is 2. The lowest BCUT2D eigenvalue weighted by molar-refractivity contribution is 0.0920. The van der Waals surface area contributed by atoms with Crippen molar-refractivity contribution in [1.82, 2.24) is 0 Å². The average Bonchev–Trinajstić information content (AvgIpc) is 2.99. The molecular formula is C16H22O4. The molecule has 1 unspecified atom stereocenters. The minimum Gasteiger partial charge on any atom is -0.497 e. The summed E-state index contributed by atoms with van der Waals surface area (Å²) in [6, 6.07) is 5.31. The largest absolute Gasteiger partial charge is 0.497 e. The van der Waals surface area contributed by atoms with Crippen LogP contribution in [-0.4, -0.2) is 32.7 Å². The lowest BCUT2D eigenvalue weighted by Gasteiger charge is -2.11. The number of carbonyl (C=O) groups excluding carboxylic acids is 1. The van der Waals surface area contributed by atoms with Crippen molar-refractivity contribution >= 4 is 5.78 Å². The SMILES string of the molecule is COc1ccc(OC)c(C(=O)CCCC2CCCO2)c1. The Kier molecular flexibility index (Phi) is 5.41. The van der Waals surface area contributed by atoms with Gasteiger partial charge in [-0.1, -0.05) is 0 Å². The molecule has 1 fully saturated rings. The zero-order valence-electron chi connectivity index (χ0n) is 12.2. The molecule has 1 aliphatic rings. The zero-order chi connectivity index (χ0) is 14.4. The fourth-order valence-electron chi connectivity index (χ4n) is 2.53. The van der Waals surface area contributed by atoms with Gasteiger partial charge in [-0.25, -0.2) is 0 Å². The molecule has 1 aliphatic heterocycles. The van der Waals surface area contributed by atoms with Gasteiger partial charge >= 0.3 is 0 Å². The maximum absolute atomic E-state index is 12.3. The van der Waals surface area contributed by atoms with E-state index in [-0.39, 0.29) is 5.78 Å². The third-order valence-electron chi connectivity index (χ3n) is 3.66. The molecule has 0 spiro atoms. The van der Waals surface area contributed by atoms with E-state index in [1.807, 2.05) is 0 Å². The highest BCUT2D eigenvalue weighted by atomic mass is 16.5. The van der Waals surface area contributed by atoms with E-state index in [9.17, 15) is 4.79 Å². The Balaban J connectivity index is 1.93. The van der Waals surface area contributed by atoms with Crippen molar-refractivity contribution in [3.63, 3.8) is 0 Å².